The predicted octanol–water partition coefficient (Wildman–Crippen LogP) is 0.596. The SMILES string of the molecule is O=[N+]([O-])C(F)(CCCC1([SiH3])CCCCO1)[N+](=O)[O-]. The Labute approximate surface area is 106 Å². The minimum absolute atomic E-state index is 0.0853. The van der Waals surface area contributed by atoms with Crippen molar-refractivity contribution >= 4 is 10.2 Å². The van der Waals surface area contributed by atoms with Crippen LogP contribution < -0.4 is 0 Å². The fourth-order valence-corrected chi connectivity index (χ4v) is 3.04. The number of ether oxygens (including phenoxy) is 1. The van der Waals surface area contributed by atoms with Gasteiger partial charge in [0.15, 0.2) is 0 Å². The fourth-order valence-electron chi connectivity index (χ4n) is 2.13. The fraction of sp³-hybridized carbons (Fsp3) is 1.00. The lowest BCUT2D eigenvalue weighted by atomic mass is 10.0. The van der Waals surface area contributed by atoms with Gasteiger partial charge in [-0.1, -0.05) is 4.39 Å². The number of hydrogen-bond acceptors (Lipinski definition) is 5. The molecule has 1 unspecified atom stereocenters. The molecule has 9 heteroatoms. The van der Waals surface area contributed by atoms with Crippen LogP contribution in [0.25, 0.3) is 0 Å². The summed E-state index contributed by atoms with van der Waals surface area (Å²) in [6.07, 6.45) is 2.69. The Balaban J connectivity index is 2.49. The number of halogens is 1. The summed E-state index contributed by atoms with van der Waals surface area (Å²) in [6.45, 7) is 0.648. The Morgan fingerprint density at radius 1 is 1.33 bits per heavy atom. The maximum absolute atomic E-state index is 13.5. The van der Waals surface area contributed by atoms with Crippen LogP contribution in [-0.2, 0) is 4.74 Å². The van der Waals surface area contributed by atoms with E-state index in [1.54, 1.807) is 0 Å². The van der Waals surface area contributed by atoms with Crippen LogP contribution in [0, 0.1) is 20.2 Å². The molecule has 1 aliphatic heterocycles. The molecule has 0 aromatic rings. The molecule has 104 valence electrons. The van der Waals surface area contributed by atoms with Gasteiger partial charge in [-0.25, -0.2) is 0 Å². The number of nitrogens with zero attached hydrogens (tertiary/aromatic N) is 2. The second kappa shape index (κ2) is 5.70. The van der Waals surface area contributed by atoms with E-state index in [-0.39, 0.29) is 11.6 Å². The Morgan fingerprint density at radius 3 is 2.39 bits per heavy atom. The topological polar surface area (TPSA) is 95.5 Å². The Morgan fingerprint density at radius 2 is 1.94 bits per heavy atom. The summed E-state index contributed by atoms with van der Waals surface area (Å²) in [7, 11) is 0.739. The third-order valence-corrected chi connectivity index (χ3v) is 4.60. The van der Waals surface area contributed by atoms with Crippen LogP contribution in [-0.4, -0.2) is 37.8 Å². The van der Waals surface area contributed by atoms with Crippen molar-refractivity contribution in [3.05, 3.63) is 20.2 Å². The van der Waals surface area contributed by atoms with Crippen molar-refractivity contribution in [3.8, 4) is 0 Å². The molecule has 1 rings (SSSR count). The molecule has 0 aromatic carbocycles. The van der Waals surface area contributed by atoms with Crippen molar-refractivity contribution in [2.75, 3.05) is 6.61 Å². The van der Waals surface area contributed by atoms with Gasteiger partial charge in [-0.3, -0.25) is 20.2 Å². The van der Waals surface area contributed by atoms with Crippen molar-refractivity contribution in [1.29, 1.82) is 0 Å². The van der Waals surface area contributed by atoms with E-state index in [1.807, 2.05) is 0 Å². The smallest absolute Gasteiger partial charge is 0.380 e. The molecule has 1 aliphatic rings. The van der Waals surface area contributed by atoms with E-state index in [2.05, 4.69) is 0 Å². The minimum atomic E-state index is -3.56. The van der Waals surface area contributed by atoms with Crippen molar-refractivity contribution in [1.82, 2.24) is 0 Å². The van der Waals surface area contributed by atoms with Gasteiger partial charge in [0, 0.05) is 22.1 Å². The Kier molecular flexibility index (Phi) is 4.74. The number of hydrogen-bond donors (Lipinski definition) is 0. The zero-order valence-electron chi connectivity index (χ0n) is 10.3. The molecule has 1 saturated heterocycles. The van der Waals surface area contributed by atoms with E-state index in [0.717, 1.165) is 29.5 Å². The van der Waals surface area contributed by atoms with E-state index in [1.165, 1.54) is 0 Å². The maximum Gasteiger partial charge on any atom is 0.613 e. The molecule has 0 spiro atoms. The first kappa shape index (κ1) is 15.0. The van der Waals surface area contributed by atoms with E-state index in [0.29, 0.717) is 13.0 Å². The summed E-state index contributed by atoms with van der Waals surface area (Å²) in [5, 5.41) is 20.5. The molecule has 1 atom stereocenters. The molecule has 1 heterocycles. The third-order valence-electron chi connectivity index (χ3n) is 3.31. The van der Waals surface area contributed by atoms with Crippen LogP contribution >= 0.6 is 0 Å². The van der Waals surface area contributed by atoms with Gasteiger partial charge in [0.1, 0.15) is 16.3 Å². The lowest BCUT2D eigenvalue weighted by molar-refractivity contribution is -0.832. The molecule has 0 aliphatic carbocycles. The lowest BCUT2D eigenvalue weighted by Crippen LogP contribution is -2.43. The first-order chi connectivity index (χ1) is 8.30. The Bertz CT molecular complexity index is 321. The van der Waals surface area contributed by atoms with Crippen LogP contribution in [0.4, 0.5) is 4.39 Å². The zero-order valence-corrected chi connectivity index (χ0v) is 12.3. The number of nitro groups is 2. The highest BCUT2D eigenvalue weighted by Gasteiger charge is 2.57. The van der Waals surface area contributed by atoms with E-state index < -0.39 is 22.2 Å². The van der Waals surface area contributed by atoms with Crippen LogP contribution in [0.1, 0.15) is 38.5 Å². The molecule has 0 bridgehead atoms. The first-order valence-corrected chi connectivity index (χ1v) is 6.92. The highest BCUT2D eigenvalue weighted by molar-refractivity contribution is 6.14. The molecule has 0 N–H and O–H groups in total. The normalized spacial score (nSPS) is 24.9. The molecule has 0 amide bonds. The van der Waals surface area contributed by atoms with Gasteiger partial charge in [-0.05, 0) is 32.1 Å². The molecule has 0 saturated carbocycles. The maximum atomic E-state index is 13.5. The van der Waals surface area contributed by atoms with Gasteiger partial charge in [0.25, 0.3) is 0 Å². The largest absolute Gasteiger partial charge is 0.613 e. The molecule has 18 heavy (non-hydrogen) atoms. The van der Waals surface area contributed by atoms with E-state index >= 15 is 0 Å². The van der Waals surface area contributed by atoms with Crippen LogP contribution in [0.5, 0.6) is 0 Å². The van der Waals surface area contributed by atoms with Gasteiger partial charge in [-0.15, -0.1) is 0 Å². The van der Waals surface area contributed by atoms with Gasteiger partial charge in [0.05, 0.1) is 0 Å². The van der Waals surface area contributed by atoms with Gasteiger partial charge in [0.2, 0.25) is 0 Å². The summed E-state index contributed by atoms with van der Waals surface area (Å²) >= 11 is 0. The summed E-state index contributed by atoms with van der Waals surface area (Å²) in [4.78, 5) is 17.9. The predicted molar refractivity (Wildman–Crippen MR) is 64.2 cm³/mol. The molecule has 7 nitrogen and oxygen atoms in total. The standard InChI is InChI=1S/C9H17FN2O5Si/c10-9(11(13)14,12(15)16)6-3-5-8(18)4-1-2-7-17-8/h1-7H2,18H3. The first-order valence-electron chi connectivity index (χ1n) is 5.92. The monoisotopic (exact) mass is 280 g/mol. The molecule has 0 radical (unpaired) electrons. The van der Waals surface area contributed by atoms with E-state index in [9.17, 15) is 24.6 Å². The third kappa shape index (κ3) is 3.45. The van der Waals surface area contributed by atoms with Crippen molar-refractivity contribution in [2.24, 2.45) is 0 Å². The molecule has 1 fully saturated rings. The molecule has 0 aromatic heterocycles. The summed E-state index contributed by atoms with van der Waals surface area (Å²) in [5.74, 6) is -3.56. The highest BCUT2D eigenvalue weighted by atomic mass is 28.1. The molecular weight excluding hydrogens is 263 g/mol. The van der Waals surface area contributed by atoms with Crippen LogP contribution in [0.3, 0.4) is 0 Å². The minimum Gasteiger partial charge on any atom is -0.380 e. The molecular formula is C9H17FN2O5Si. The van der Waals surface area contributed by atoms with E-state index in [4.69, 9.17) is 4.74 Å². The Hall–Kier alpha value is -1.09. The average Bonchev–Trinajstić information content (AvgIpc) is 2.28. The quantitative estimate of drug-likeness (QED) is 0.233. The van der Waals surface area contributed by atoms with Crippen molar-refractivity contribution in [3.63, 3.8) is 0 Å². The van der Waals surface area contributed by atoms with Crippen molar-refractivity contribution in [2.45, 2.75) is 49.7 Å². The summed E-state index contributed by atoms with van der Waals surface area (Å²) < 4.78 is 19.1. The number of rotatable bonds is 6. The van der Waals surface area contributed by atoms with Gasteiger partial charge >= 0.3 is 5.92 Å². The average molecular weight is 280 g/mol. The number of alkyl halides is 1. The zero-order chi connectivity index (χ0) is 13.8. The lowest BCUT2D eigenvalue weighted by Gasteiger charge is -2.34. The van der Waals surface area contributed by atoms with Crippen LogP contribution in [0.15, 0.2) is 0 Å². The highest BCUT2D eigenvalue weighted by Crippen LogP contribution is 2.29. The van der Waals surface area contributed by atoms with Gasteiger partial charge < -0.3 is 4.74 Å². The summed E-state index contributed by atoms with van der Waals surface area (Å²) in [6, 6.07) is 0. The summed E-state index contributed by atoms with van der Waals surface area (Å²) in [5.41, 5.74) is 0. The second-order valence-electron chi connectivity index (χ2n) is 4.84. The second-order valence-corrected chi connectivity index (χ2v) is 6.66. The van der Waals surface area contributed by atoms with Crippen LogP contribution in [0.2, 0.25) is 0 Å². The van der Waals surface area contributed by atoms with Crippen molar-refractivity contribution < 1.29 is 19.0 Å². The van der Waals surface area contributed by atoms with Gasteiger partial charge in [-0.2, -0.15) is 0 Å².